The van der Waals surface area contributed by atoms with Crippen LogP contribution in [0.4, 0.5) is 0 Å². The molecule has 3 heterocycles. The van der Waals surface area contributed by atoms with E-state index in [2.05, 4.69) is 17.6 Å². The largest absolute Gasteiger partial charge is 0.331 e. The van der Waals surface area contributed by atoms with Crippen LogP contribution in [0.15, 0.2) is 17.1 Å². The minimum absolute atomic E-state index is 0.889. The third-order valence-corrected chi connectivity index (χ3v) is 3.25. The summed E-state index contributed by atoms with van der Waals surface area (Å²) in [6.45, 7) is 2.28. The Bertz CT molecular complexity index is 263. The van der Waals surface area contributed by atoms with Gasteiger partial charge in [0.1, 0.15) is 0 Å². The molecule has 2 saturated heterocycles. The van der Waals surface area contributed by atoms with Gasteiger partial charge in [-0.05, 0) is 19.3 Å². The molecule has 0 amide bonds. The lowest BCUT2D eigenvalue weighted by Gasteiger charge is -2.59. The fourth-order valence-corrected chi connectivity index (χ4v) is 2.72. The molecular formula is C10H13N. The Balaban J connectivity index is 1.84. The Morgan fingerprint density at radius 2 is 2.55 bits per heavy atom. The highest BCUT2D eigenvalue weighted by Crippen LogP contribution is 2.54. The van der Waals surface area contributed by atoms with Crippen molar-refractivity contribution in [2.75, 3.05) is 0 Å². The van der Waals surface area contributed by atoms with E-state index in [-0.39, 0.29) is 0 Å². The van der Waals surface area contributed by atoms with Crippen LogP contribution in [-0.4, -0.2) is 10.9 Å². The van der Waals surface area contributed by atoms with Crippen molar-refractivity contribution in [2.24, 2.45) is 5.92 Å². The molecule has 0 aromatic carbocycles. The average molecular weight is 147 g/mol. The van der Waals surface area contributed by atoms with Gasteiger partial charge in [0.25, 0.3) is 0 Å². The predicted molar refractivity (Wildman–Crippen MR) is 43.8 cm³/mol. The van der Waals surface area contributed by atoms with Crippen molar-refractivity contribution in [2.45, 2.75) is 38.6 Å². The van der Waals surface area contributed by atoms with Gasteiger partial charge in [-0.2, -0.15) is 0 Å². The van der Waals surface area contributed by atoms with E-state index >= 15 is 0 Å². The fraction of sp³-hybridized carbons (Fsp3) is 0.700. The molecule has 1 nitrogen and oxygen atoms in total. The molecule has 1 aliphatic carbocycles. The first kappa shape index (κ1) is 5.91. The van der Waals surface area contributed by atoms with Crippen LogP contribution < -0.4 is 0 Å². The number of hydrogen-bond acceptors (Lipinski definition) is 1. The summed E-state index contributed by atoms with van der Waals surface area (Å²) in [5, 5.41) is 0. The van der Waals surface area contributed by atoms with Crippen LogP contribution in [0.3, 0.4) is 0 Å². The number of nitrogens with zero attached hydrogens (tertiary/aromatic N) is 1. The molecule has 3 aliphatic heterocycles. The number of fused-ring (bicyclic) bond motifs is 1. The van der Waals surface area contributed by atoms with Gasteiger partial charge in [0.2, 0.25) is 0 Å². The van der Waals surface area contributed by atoms with Gasteiger partial charge in [-0.15, -0.1) is 0 Å². The Kier molecular flexibility index (Phi) is 0.928. The molecule has 11 heavy (non-hydrogen) atoms. The first-order valence-electron chi connectivity index (χ1n) is 4.70. The molecule has 2 unspecified atom stereocenters. The summed E-state index contributed by atoms with van der Waals surface area (Å²) in [7, 11) is 0. The first-order valence-corrected chi connectivity index (χ1v) is 4.70. The first-order chi connectivity index (χ1) is 5.42. The van der Waals surface area contributed by atoms with Crippen molar-refractivity contribution >= 4 is 0 Å². The molecule has 2 fully saturated rings. The van der Waals surface area contributed by atoms with Crippen LogP contribution in [0.5, 0.6) is 0 Å². The lowest BCUT2D eigenvalue weighted by Crippen LogP contribution is -2.59. The molecule has 2 atom stereocenters. The van der Waals surface area contributed by atoms with Gasteiger partial charge >= 0.3 is 0 Å². The van der Waals surface area contributed by atoms with Gasteiger partial charge < -0.3 is 4.90 Å². The Morgan fingerprint density at radius 1 is 1.64 bits per heavy atom. The lowest BCUT2D eigenvalue weighted by atomic mass is 9.70. The van der Waals surface area contributed by atoms with E-state index in [9.17, 15) is 0 Å². The molecule has 0 aromatic rings. The molecule has 0 spiro atoms. The van der Waals surface area contributed by atoms with Crippen LogP contribution in [0.25, 0.3) is 0 Å². The number of piperidine rings is 2. The van der Waals surface area contributed by atoms with E-state index in [0.29, 0.717) is 0 Å². The van der Waals surface area contributed by atoms with Crippen LogP contribution in [0.2, 0.25) is 0 Å². The molecule has 4 aliphatic rings. The van der Waals surface area contributed by atoms with Gasteiger partial charge in [-0.1, -0.05) is 19.1 Å². The van der Waals surface area contributed by atoms with Crippen molar-refractivity contribution in [1.29, 1.82) is 0 Å². The van der Waals surface area contributed by atoms with E-state index in [1.165, 1.54) is 37.1 Å². The summed E-state index contributed by atoms with van der Waals surface area (Å²) in [6, 6.07) is 0.889. The smallest absolute Gasteiger partial charge is 0.0684 e. The van der Waals surface area contributed by atoms with Crippen molar-refractivity contribution < 1.29 is 0 Å². The van der Waals surface area contributed by atoms with E-state index in [1.54, 1.807) is 0 Å². The van der Waals surface area contributed by atoms with Gasteiger partial charge in [-0.3, -0.25) is 0 Å². The summed E-state index contributed by atoms with van der Waals surface area (Å²) in [5.41, 5.74) is 6.46. The van der Waals surface area contributed by atoms with Crippen molar-refractivity contribution in [3.05, 3.63) is 17.1 Å². The summed E-state index contributed by atoms with van der Waals surface area (Å²) in [4.78, 5) is 2.53. The number of rotatable bonds is 2. The van der Waals surface area contributed by atoms with Crippen molar-refractivity contribution in [1.82, 2.24) is 4.90 Å². The van der Waals surface area contributed by atoms with E-state index in [0.717, 1.165) is 12.0 Å². The van der Waals surface area contributed by atoms with Crippen LogP contribution in [0.1, 0.15) is 32.6 Å². The topological polar surface area (TPSA) is 3.24 Å². The highest BCUT2D eigenvalue weighted by molar-refractivity contribution is 5.39. The molecule has 58 valence electrons. The van der Waals surface area contributed by atoms with E-state index < -0.39 is 0 Å². The van der Waals surface area contributed by atoms with Crippen molar-refractivity contribution in [3.8, 4) is 0 Å². The molecular weight excluding hydrogens is 134 g/mol. The summed E-state index contributed by atoms with van der Waals surface area (Å²) >= 11 is 0. The van der Waals surface area contributed by atoms with Crippen LogP contribution in [0, 0.1) is 5.92 Å². The van der Waals surface area contributed by atoms with E-state index in [1.807, 2.05) is 0 Å². The Hall–Kier alpha value is -0.680. The maximum Gasteiger partial charge on any atom is 0.0684 e. The normalized spacial score (nSPS) is 37.0. The molecule has 0 N–H and O–H groups in total. The molecule has 0 saturated carbocycles. The second-order valence-corrected chi connectivity index (χ2v) is 3.83. The quantitative estimate of drug-likeness (QED) is 0.541. The summed E-state index contributed by atoms with van der Waals surface area (Å²) < 4.78 is 0. The standard InChI is InChI=1S/C10H13N/c1-2-3-9-8-5-4-7-6-10(8)11(7)9/h8-9H,2-5H2,1H3. The van der Waals surface area contributed by atoms with E-state index in [4.69, 9.17) is 0 Å². The zero-order valence-electron chi connectivity index (χ0n) is 6.93. The second-order valence-electron chi connectivity index (χ2n) is 3.83. The minimum atomic E-state index is 0.889. The molecule has 4 rings (SSSR count). The maximum atomic E-state index is 3.43. The van der Waals surface area contributed by atoms with Gasteiger partial charge in [0.15, 0.2) is 0 Å². The maximum absolute atomic E-state index is 3.43. The molecule has 0 aromatic heterocycles. The monoisotopic (exact) mass is 147 g/mol. The predicted octanol–water partition coefficient (Wildman–Crippen LogP) is 2.26. The minimum Gasteiger partial charge on any atom is -0.331 e. The van der Waals surface area contributed by atoms with Crippen molar-refractivity contribution in [3.63, 3.8) is 0 Å². The summed E-state index contributed by atoms with van der Waals surface area (Å²) in [6.07, 6.45) is 5.44. The highest BCUT2D eigenvalue weighted by Gasteiger charge is 2.51. The third kappa shape index (κ3) is 0.509. The highest BCUT2D eigenvalue weighted by atomic mass is 15.3. The fourth-order valence-electron chi connectivity index (χ4n) is 2.72. The molecule has 0 radical (unpaired) electrons. The average Bonchev–Trinajstić information content (AvgIpc) is 2.04. The van der Waals surface area contributed by atoms with Crippen LogP contribution >= 0.6 is 0 Å². The van der Waals surface area contributed by atoms with Gasteiger partial charge in [-0.25, -0.2) is 0 Å². The molecule has 4 bridgehead atoms. The zero-order chi connectivity index (χ0) is 7.42. The van der Waals surface area contributed by atoms with Gasteiger partial charge in [0, 0.05) is 12.0 Å². The Labute approximate surface area is 67.4 Å². The van der Waals surface area contributed by atoms with Crippen LogP contribution in [-0.2, 0) is 0 Å². The summed E-state index contributed by atoms with van der Waals surface area (Å²) in [5.74, 6) is 0.910. The lowest BCUT2D eigenvalue weighted by molar-refractivity contribution is 0.0483. The zero-order valence-corrected chi connectivity index (χ0v) is 6.93. The molecule has 1 heteroatoms. The third-order valence-electron chi connectivity index (χ3n) is 3.25. The number of hydrogen-bond donors (Lipinski definition) is 0. The Morgan fingerprint density at radius 3 is 3.00 bits per heavy atom. The SMILES string of the molecule is CCCC1C2CCC3=C=C2N31. The van der Waals surface area contributed by atoms with Gasteiger partial charge in [0.05, 0.1) is 11.4 Å². The second kappa shape index (κ2) is 1.73.